The molecule has 0 fully saturated rings. The molecule has 10 nitrogen and oxygen atoms in total. The van der Waals surface area contributed by atoms with E-state index in [0.29, 0.717) is 10.7 Å². The van der Waals surface area contributed by atoms with Gasteiger partial charge >= 0.3 is 0 Å². The van der Waals surface area contributed by atoms with Crippen LogP contribution >= 0.6 is 22.9 Å². The summed E-state index contributed by atoms with van der Waals surface area (Å²) in [6, 6.07) is 5.55. The number of carbonyl (C=O) groups excluding carboxylic acids is 2. The molecule has 3 heterocycles. The highest BCUT2D eigenvalue weighted by Crippen LogP contribution is 2.34. The number of aromatic nitrogens is 4. The minimum absolute atomic E-state index is 0.0953. The first-order valence-electron chi connectivity index (χ1n) is 10.8. The van der Waals surface area contributed by atoms with Crippen LogP contribution in [0.1, 0.15) is 15.4 Å². The highest BCUT2D eigenvalue weighted by molar-refractivity contribution is 7.18. The Hall–Kier alpha value is -4.29. The number of hydrogen-bond donors (Lipinski definition) is 3. The van der Waals surface area contributed by atoms with E-state index in [9.17, 15) is 23.9 Å². The van der Waals surface area contributed by atoms with Crippen LogP contribution in [0.15, 0.2) is 41.6 Å². The van der Waals surface area contributed by atoms with E-state index in [4.69, 9.17) is 17.3 Å². The average Bonchev–Trinajstić information content (AvgIpc) is 3.37. The van der Waals surface area contributed by atoms with E-state index in [2.05, 4.69) is 15.3 Å². The van der Waals surface area contributed by atoms with Gasteiger partial charge in [0.2, 0.25) is 5.91 Å². The van der Waals surface area contributed by atoms with E-state index in [0.717, 1.165) is 21.3 Å². The van der Waals surface area contributed by atoms with Crippen molar-refractivity contribution in [1.82, 2.24) is 19.1 Å². The molecular weight excluding hydrogens is 523 g/mol. The highest BCUT2D eigenvalue weighted by Gasteiger charge is 2.21. The van der Waals surface area contributed by atoms with Gasteiger partial charge in [-0.25, -0.2) is 14.4 Å². The first-order valence-corrected chi connectivity index (χ1v) is 12.0. The van der Waals surface area contributed by atoms with Gasteiger partial charge in [-0.05, 0) is 36.8 Å². The number of nitrogens with zero attached hydrogens (tertiary/aromatic N) is 4. The van der Waals surface area contributed by atoms with Gasteiger partial charge in [0.1, 0.15) is 12.2 Å². The van der Waals surface area contributed by atoms with Crippen LogP contribution in [0, 0.1) is 12.7 Å². The molecule has 0 aliphatic carbocycles. The van der Waals surface area contributed by atoms with Gasteiger partial charge in [-0.1, -0.05) is 11.6 Å². The van der Waals surface area contributed by atoms with E-state index in [-0.39, 0.29) is 28.7 Å². The Morgan fingerprint density at radius 2 is 2.03 bits per heavy atom. The number of anilines is 1. The van der Waals surface area contributed by atoms with Crippen LogP contribution in [0.2, 0.25) is 5.02 Å². The number of halogens is 2. The Labute approximate surface area is 216 Å². The molecular formula is C24H18ClFN6O4S. The molecule has 0 bridgehead atoms. The summed E-state index contributed by atoms with van der Waals surface area (Å²) in [5.41, 5.74) is 5.97. The molecule has 13 heteroatoms. The molecule has 0 saturated carbocycles. The molecule has 4 N–H and O–H groups in total. The van der Waals surface area contributed by atoms with Crippen molar-refractivity contribution >= 4 is 61.7 Å². The van der Waals surface area contributed by atoms with Crippen molar-refractivity contribution in [2.75, 3.05) is 5.32 Å². The summed E-state index contributed by atoms with van der Waals surface area (Å²) in [5, 5.41) is 13.9. The van der Waals surface area contributed by atoms with Gasteiger partial charge in [0.25, 0.3) is 11.5 Å². The maximum Gasteiger partial charge on any atom is 0.263 e. The summed E-state index contributed by atoms with van der Waals surface area (Å²) < 4.78 is 17.9. The fraction of sp³-hybridized carbons (Fsp3) is 0.125. The highest BCUT2D eigenvalue weighted by atomic mass is 35.5. The lowest BCUT2D eigenvalue weighted by Gasteiger charge is -2.09. The number of fused-ring (bicyclic) bond motifs is 2. The third-order valence-corrected chi connectivity index (χ3v) is 7.00. The normalized spacial score (nSPS) is 11.4. The number of primary amides is 1. The summed E-state index contributed by atoms with van der Waals surface area (Å²) >= 11 is 7.80. The zero-order valence-corrected chi connectivity index (χ0v) is 20.9. The molecule has 0 spiro atoms. The van der Waals surface area contributed by atoms with Crippen molar-refractivity contribution in [3.8, 4) is 16.9 Å². The van der Waals surface area contributed by atoms with Gasteiger partial charge in [0, 0.05) is 18.8 Å². The number of benzene rings is 2. The van der Waals surface area contributed by atoms with Gasteiger partial charge in [-0.2, -0.15) is 0 Å². The zero-order valence-electron chi connectivity index (χ0n) is 19.4. The maximum atomic E-state index is 14.4. The number of nitrogens with one attached hydrogen (secondary N) is 1. The fourth-order valence-electron chi connectivity index (χ4n) is 4.05. The summed E-state index contributed by atoms with van der Waals surface area (Å²) in [5.74, 6) is -3.48. The van der Waals surface area contributed by atoms with Crippen LogP contribution in [0.3, 0.4) is 0 Å². The SMILES string of the molecule is Cc1nc2cc(Cl)c(NC(=O)Cn3cc(-c4cc(F)c(O)c(C(N)=O)c4)c4c(=O)n(C)cnc43)cc2s1. The van der Waals surface area contributed by atoms with E-state index < -0.39 is 34.5 Å². The molecule has 37 heavy (non-hydrogen) atoms. The van der Waals surface area contributed by atoms with E-state index in [1.807, 2.05) is 6.92 Å². The number of phenols is 1. The minimum atomic E-state index is -1.09. The molecule has 5 aromatic rings. The third-order valence-electron chi connectivity index (χ3n) is 5.75. The quantitative estimate of drug-likeness (QED) is 0.311. The lowest BCUT2D eigenvalue weighted by molar-refractivity contribution is -0.116. The van der Waals surface area contributed by atoms with Crippen molar-refractivity contribution in [2.24, 2.45) is 12.8 Å². The maximum absolute atomic E-state index is 14.4. The molecule has 0 saturated heterocycles. The van der Waals surface area contributed by atoms with Crippen LogP contribution < -0.4 is 16.6 Å². The van der Waals surface area contributed by atoms with Crippen LogP contribution in [-0.4, -0.2) is 36.0 Å². The number of hydrogen-bond acceptors (Lipinski definition) is 7. The summed E-state index contributed by atoms with van der Waals surface area (Å²) in [6.45, 7) is 1.62. The second-order valence-electron chi connectivity index (χ2n) is 8.33. The van der Waals surface area contributed by atoms with Gasteiger partial charge in [0.15, 0.2) is 11.6 Å². The molecule has 2 amide bonds. The molecule has 0 aliphatic rings. The largest absolute Gasteiger partial charge is 0.504 e. The number of rotatable bonds is 5. The predicted octanol–water partition coefficient (Wildman–Crippen LogP) is 3.56. The van der Waals surface area contributed by atoms with Crippen molar-refractivity contribution < 1.29 is 19.1 Å². The third kappa shape index (κ3) is 4.30. The summed E-state index contributed by atoms with van der Waals surface area (Å²) in [6.07, 6.45) is 2.75. The smallest absolute Gasteiger partial charge is 0.263 e. The Morgan fingerprint density at radius 1 is 1.27 bits per heavy atom. The van der Waals surface area contributed by atoms with Gasteiger partial charge < -0.3 is 25.3 Å². The van der Waals surface area contributed by atoms with Gasteiger partial charge in [-0.3, -0.25) is 14.4 Å². The standard InChI is InChI=1S/C24H18ClFN6O4S/c1-10-29-17-5-14(25)16(6-18(17)37-10)30-19(33)8-32-7-13(20-23(32)28-9-31(2)24(20)36)11-3-12(22(27)35)21(34)15(26)4-11/h3-7,9,34H,8H2,1-2H3,(H2,27,35)(H,30,33). The Bertz CT molecular complexity index is 1830. The zero-order chi connectivity index (χ0) is 26.6. The van der Waals surface area contributed by atoms with Crippen molar-refractivity contribution in [1.29, 1.82) is 0 Å². The molecule has 0 atom stereocenters. The topological polar surface area (TPSA) is 145 Å². The molecule has 0 unspecified atom stereocenters. The summed E-state index contributed by atoms with van der Waals surface area (Å²) in [4.78, 5) is 46.4. The van der Waals surface area contributed by atoms with Gasteiger partial charge in [0.05, 0.1) is 43.2 Å². The predicted molar refractivity (Wildman–Crippen MR) is 139 cm³/mol. The average molecular weight is 541 g/mol. The van der Waals surface area contributed by atoms with Crippen LogP contribution in [0.5, 0.6) is 5.75 Å². The monoisotopic (exact) mass is 540 g/mol. The first-order chi connectivity index (χ1) is 17.5. The van der Waals surface area contributed by atoms with Crippen molar-refractivity contribution in [2.45, 2.75) is 13.5 Å². The van der Waals surface area contributed by atoms with Gasteiger partial charge in [-0.15, -0.1) is 11.3 Å². The fourth-order valence-corrected chi connectivity index (χ4v) is 5.10. The summed E-state index contributed by atoms with van der Waals surface area (Å²) in [7, 11) is 1.49. The Kier molecular flexibility index (Phi) is 5.92. The molecule has 0 radical (unpaired) electrons. The molecule has 5 rings (SSSR count). The number of carbonyl (C=O) groups is 2. The van der Waals surface area contributed by atoms with E-state index >= 15 is 0 Å². The first kappa shape index (κ1) is 24.4. The molecule has 0 aliphatic heterocycles. The Balaban J connectivity index is 1.57. The number of amides is 2. The van der Waals surface area contributed by atoms with Crippen LogP contribution in [0.25, 0.3) is 32.4 Å². The molecule has 188 valence electrons. The second kappa shape index (κ2) is 8.98. The van der Waals surface area contributed by atoms with Crippen LogP contribution in [-0.2, 0) is 18.4 Å². The second-order valence-corrected chi connectivity index (χ2v) is 9.97. The number of thiazole rings is 1. The number of aryl methyl sites for hydroxylation is 2. The number of nitrogens with two attached hydrogens (primary N) is 1. The molecule has 3 aromatic heterocycles. The Morgan fingerprint density at radius 3 is 2.76 bits per heavy atom. The minimum Gasteiger partial charge on any atom is -0.504 e. The molecule has 2 aromatic carbocycles. The lowest BCUT2D eigenvalue weighted by atomic mass is 10.0. The van der Waals surface area contributed by atoms with E-state index in [1.165, 1.54) is 46.1 Å². The lowest BCUT2D eigenvalue weighted by Crippen LogP contribution is -2.20. The van der Waals surface area contributed by atoms with Crippen molar-refractivity contribution in [3.63, 3.8) is 0 Å². The van der Waals surface area contributed by atoms with Crippen molar-refractivity contribution in [3.05, 3.63) is 68.6 Å². The van der Waals surface area contributed by atoms with Crippen LogP contribution in [0.4, 0.5) is 10.1 Å². The number of aromatic hydroxyl groups is 1. The van der Waals surface area contributed by atoms with E-state index in [1.54, 1.807) is 12.1 Å².